The van der Waals surface area contributed by atoms with Crippen LogP contribution in [0.25, 0.3) is 0 Å². The van der Waals surface area contributed by atoms with Crippen LogP contribution in [-0.4, -0.2) is 18.5 Å². The first-order valence-corrected chi connectivity index (χ1v) is 8.06. The van der Waals surface area contributed by atoms with E-state index in [0.717, 1.165) is 39.6 Å². The molecule has 1 saturated heterocycles. The molecule has 2 atom stereocenters. The maximum Gasteiger partial charge on any atom is 0.241 e. The summed E-state index contributed by atoms with van der Waals surface area (Å²) >= 11 is 6.99. The highest BCUT2D eigenvalue weighted by Crippen LogP contribution is 2.32. The number of hydrogen-bond acceptors (Lipinski definition) is 2. The highest BCUT2D eigenvalue weighted by atomic mass is 79.9. The van der Waals surface area contributed by atoms with Crippen LogP contribution in [0, 0.1) is 12.8 Å². The largest absolute Gasteiger partial charge is 0.323 e. The van der Waals surface area contributed by atoms with Gasteiger partial charge in [0, 0.05) is 8.95 Å². The highest BCUT2D eigenvalue weighted by Gasteiger charge is 2.25. The van der Waals surface area contributed by atoms with Gasteiger partial charge in [-0.25, -0.2) is 0 Å². The van der Waals surface area contributed by atoms with Crippen LogP contribution in [0.2, 0.25) is 0 Å². The smallest absolute Gasteiger partial charge is 0.241 e. The summed E-state index contributed by atoms with van der Waals surface area (Å²) in [5.41, 5.74) is 1.94. The Labute approximate surface area is 130 Å². The van der Waals surface area contributed by atoms with Gasteiger partial charge in [0.25, 0.3) is 0 Å². The fourth-order valence-corrected chi connectivity index (χ4v) is 3.95. The normalized spacial score (nSPS) is 23.2. The van der Waals surface area contributed by atoms with Gasteiger partial charge in [-0.2, -0.15) is 0 Å². The number of rotatable bonds is 2. The summed E-state index contributed by atoms with van der Waals surface area (Å²) in [6, 6.07) is 3.90. The molecular weight excluding hydrogens is 372 g/mol. The molecule has 5 heteroatoms. The van der Waals surface area contributed by atoms with Crippen molar-refractivity contribution in [3.8, 4) is 0 Å². The Morgan fingerprint density at radius 1 is 1.37 bits per heavy atom. The van der Waals surface area contributed by atoms with Crippen LogP contribution in [0.4, 0.5) is 5.69 Å². The first kappa shape index (κ1) is 15.0. The first-order valence-electron chi connectivity index (χ1n) is 6.47. The molecule has 0 saturated carbocycles. The molecule has 104 valence electrons. The Morgan fingerprint density at radius 2 is 2.00 bits per heavy atom. The van der Waals surface area contributed by atoms with E-state index in [1.807, 2.05) is 19.1 Å². The van der Waals surface area contributed by atoms with Gasteiger partial charge >= 0.3 is 0 Å². The average Bonchev–Trinajstić information content (AvgIpc) is 2.33. The van der Waals surface area contributed by atoms with Crippen LogP contribution in [0.5, 0.6) is 0 Å². The van der Waals surface area contributed by atoms with Crippen molar-refractivity contribution in [1.29, 1.82) is 0 Å². The van der Waals surface area contributed by atoms with Crippen LogP contribution in [0.15, 0.2) is 21.1 Å². The topological polar surface area (TPSA) is 41.1 Å². The fraction of sp³-hybridized carbons (Fsp3) is 0.500. The van der Waals surface area contributed by atoms with E-state index in [4.69, 9.17) is 0 Å². The summed E-state index contributed by atoms with van der Waals surface area (Å²) in [4.78, 5) is 12.3. The second-order valence-corrected chi connectivity index (χ2v) is 6.94. The number of amides is 1. The monoisotopic (exact) mass is 388 g/mol. The van der Waals surface area contributed by atoms with Gasteiger partial charge in [0.1, 0.15) is 0 Å². The second kappa shape index (κ2) is 6.37. The third-order valence-electron chi connectivity index (χ3n) is 3.42. The Balaban J connectivity index is 2.10. The number of hydrogen-bond donors (Lipinski definition) is 2. The molecule has 0 bridgehead atoms. The number of aryl methyl sites for hydroxylation is 1. The molecule has 0 aliphatic carbocycles. The molecule has 1 aliphatic rings. The Morgan fingerprint density at radius 3 is 2.58 bits per heavy atom. The quantitative estimate of drug-likeness (QED) is 0.806. The summed E-state index contributed by atoms with van der Waals surface area (Å²) in [5, 5.41) is 6.28. The lowest BCUT2D eigenvalue weighted by Crippen LogP contribution is -2.45. The van der Waals surface area contributed by atoms with E-state index in [9.17, 15) is 4.79 Å². The first-order chi connectivity index (χ1) is 8.97. The van der Waals surface area contributed by atoms with Crippen LogP contribution in [0.1, 0.15) is 25.3 Å². The standard InChI is InChI=1S/C14H18Br2N2O/c1-8-3-4-17-12(7-8)14(19)18-13-10(15)5-9(2)6-11(13)16/h5-6,8,12,17H,3-4,7H2,1-2H3,(H,18,19). The minimum absolute atomic E-state index is 0.0387. The molecule has 1 fully saturated rings. The molecule has 1 aromatic carbocycles. The van der Waals surface area contributed by atoms with Gasteiger partial charge in [-0.1, -0.05) is 6.92 Å². The number of halogens is 2. The zero-order valence-corrected chi connectivity index (χ0v) is 14.3. The van der Waals surface area contributed by atoms with Crippen molar-refractivity contribution in [1.82, 2.24) is 5.32 Å². The van der Waals surface area contributed by atoms with Gasteiger partial charge < -0.3 is 10.6 Å². The molecule has 1 heterocycles. The van der Waals surface area contributed by atoms with Crippen molar-refractivity contribution in [2.45, 2.75) is 32.7 Å². The predicted molar refractivity (Wildman–Crippen MR) is 85.4 cm³/mol. The van der Waals surface area contributed by atoms with Crippen LogP contribution in [-0.2, 0) is 4.79 Å². The van der Waals surface area contributed by atoms with Crippen molar-refractivity contribution in [2.24, 2.45) is 5.92 Å². The Kier molecular flexibility index (Phi) is 5.03. The van der Waals surface area contributed by atoms with Crippen molar-refractivity contribution >= 4 is 43.5 Å². The van der Waals surface area contributed by atoms with Gasteiger partial charge in [-0.05, 0) is 81.8 Å². The number of piperidine rings is 1. The van der Waals surface area contributed by atoms with Gasteiger partial charge in [-0.15, -0.1) is 0 Å². The zero-order chi connectivity index (χ0) is 14.0. The Hall–Kier alpha value is -0.390. The summed E-state index contributed by atoms with van der Waals surface area (Å²) in [5.74, 6) is 0.638. The lowest BCUT2D eigenvalue weighted by molar-refractivity contribution is -0.119. The molecule has 1 aromatic rings. The van der Waals surface area contributed by atoms with Crippen LogP contribution in [0.3, 0.4) is 0 Å². The van der Waals surface area contributed by atoms with E-state index in [2.05, 4.69) is 49.4 Å². The third-order valence-corrected chi connectivity index (χ3v) is 4.67. The van der Waals surface area contributed by atoms with E-state index >= 15 is 0 Å². The molecule has 0 spiro atoms. The molecule has 2 rings (SSSR count). The van der Waals surface area contributed by atoms with Gasteiger partial charge in [0.2, 0.25) is 5.91 Å². The molecule has 19 heavy (non-hydrogen) atoms. The van der Waals surface area contributed by atoms with E-state index in [-0.39, 0.29) is 11.9 Å². The molecule has 0 aromatic heterocycles. The maximum absolute atomic E-state index is 12.3. The molecule has 2 unspecified atom stereocenters. The van der Waals surface area contributed by atoms with Crippen molar-refractivity contribution in [2.75, 3.05) is 11.9 Å². The maximum atomic E-state index is 12.3. The lowest BCUT2D eigenvalue weighted by Gasteiger charge is -2.27. The molecule has 1 amide bonds. The third kappa shape index (κ3) is 3.80. The van der Waals surface area contributed by atoms with Gasteiger partial charge in [0.15, 0.2) is 0 Å². The number of anilines is 1. The summed E-state index contributed by atoms with van der Waals surface area (Å²) in [7, 11) is 0. The zero-order valence-electron chi connectivity index (χ0n) is 11.1. The van der Waals surface area contributed by atoms with Crippen LogP contribution >= 0.6 is 31.9 Å². The summed E-state index contributed by atoms with van der Waals surface area (Å²) < 4.78 is 1.80. The van der Waals surface area contributed by atoms with E-state index in [1.165, 1.54) is 0 Å². The Bertz CT molecular complexity index is 467. The minimum atomic E-state index is -0.0937. The SMILES string of the molecule is Cc1cc(Br)c(NC(=O)C2CC(C)CCN2)c(Br)c1. The van der Waals surface area contributed by atoms with Crippen molar-refractivity contribution in [3.05, 3.63) is 26.6 Å². The van der Waals surface area contributed by atoms with E-state index in [0.29, 0.717) is 5.92 Å². The summed E-state index contributed by atoms with van der Waals surface area (Å²) in [6.45, 7) is 5.12. The predicted octanol–water partition coefficient (Wildman–Crippen LogP) is 3.85. The lowest BCUT2D eigenvalue weighted by atomic mass is 9.94. The van der Waals surface area contributed by atoms with E-state index in [1.54, 1.807) is 0 Å². The molecule has 2 N–H and O–H groups in total. The minimum Gasteiger partial charge on any atom is -0.323 e. The van der Waals surface area contributed by atoms with Crippen molar-refractivity contribution < 1.29 is 4.79 Å². The number of carbonyl (C=O) groups excluding carboxylic acids is 1. The average molecular weight is 390 g/mol. The van der Waals surface area contributed by atoms with Gasteiger partial charge in [0.05, 0.1) is 11.7 Å². The molecule has 0 radical (unpaired) electrons. The molecular formula is C14H18Br2N2O. The van der Waals surface area contributed by atoms with E-state index < -0.39 is 0 Å². The molecule has 3 nitrogen and oxygen atoms in total. The summed E-state index contributed by atoms with van der Waals surface area (Å²) in [6.07, 6.45) is 2.04. The number of carbonyl (C=O) groups is 1. The number of nitrogens with one attached hydrogen (secondary N) is 2. The van der Waals surface area contributed by atoms with Gasteiger partial charge in [-0.3, -0.25) is 4.79 Å². The van der Waals surface area contributed by atoms with Crippen LogP contribution < -0.4 is 10.6 Å². The number of benzene rings is 1. The van der Waals surface area contributed by atoms with Crippen molar-refractivity contribution in [3.63, 3.8) is 0 Å². The second-order valence-electron chi connectivity index (χ2n) is 5.23. The highest BCUT2D eigenvalue weighted by molar-refractivity contribution is 9.11. The fourth-order valence-electron chi connectivity index (χ4n) is 2.34. The molecule has 1 aliphatic heterocycles.